The lowest BCUT2D eigenvalue weighted by molar-refractivity contribution is -0.122. The first-order valence-corrected chi connectivity index (χ1v) is 8.50. The lowest BCUT2D eigenvalue weighted by atomic mass is 10.1. The first-order valence-electron chi connectivity index (χ1n) is 8.50. The molecule has 0 spiro atoms. The molecule has 1 fully saturated rings. The molecule has 2 atom stereocenters. The van der Waals surface area contributed by atoms with Crippen molar-refractivity contribution >= 4 is 11.8 Å². The van der Waals surface area contributed by atoms with E-state index in [4.69, 9.17) is 4.42 Å². The fraction of sp³-hybridized carbons (Fsp3) is 0.471. The van der Waals surface area contributed by atoms with Crippen molar-refractivity contribution in [3.8, 4) is 0 Å². The number of amides is 2. The average molecular weight is 345 g/mol. The molecule has 25 heavy (non-hydrogen) atoms. The minimum absolute atomic E-state index is 0.268. The fourth-order valence-corrected chi connectivity index (χ4v) is 2.80. The van der Waals surface area contributed by atoms with Gasteiger partial charge in [0.1, 0.15) is 17.5 Å². The van der Waals surface area contributed by atoms with E-state index in [0.717, 1.165) is 25.9 Å². The summed E-state index contributed by atoms with van der Waals surface area (Å²) in [6, 6.07) is 4.81. The molecule has 1 aliphatic rings. The standard InChI is InChI=1S/C17H23N5O3/c1-12(16(23)19-11-14-5-3-9-25-14)20-17(24)15-6-8-22(21-15)13-4-2-7-18-10-13/h3,5-6,8-9,12-13,18H,2,4,7,10-11H2,1H3,(H,19,23)(H,20,24). The van der Waals surface area contributed by atoms with E-state index < -0.39 is 6.04 Å². The van der Waals surface area contributed by atoms with Gasteiger partial charge in [0.2, 0.25) is 5.91 Å². The summed E-state index contributed by atoms with van der Waals surface area (Å²) in [5.74, 6) is 0.0236. The second kappa shape index (κ2) is 7.98. The zero-order valence-corrected chi connectivity index (χ0v) is 14.2. The molecule has 8 nitrogen and oxygen atoms in total. The highest BCUT2D eigenvalue weighted by Gasteiger charge is 2.20. The summed E-state index contributed by atoms with van der Waals surface area (Å²) in [6.45, 7) is 3.80. The summed E-state index contributed by atoms with van der Waals surface area (Å²) >= 11 is 0. The van der Waals surface area contributed by atoms with Crippen LogP contribution in [0.5, 0.6) is 0 Å². The van der Waals surface area contributed by atoms with Crippen LogP contribution in [0.25, 0.3) is 0 Å². The minimum atomic E-state index is -0.663. The molecule has 2 amide bonds. The molecular formula is C17H23N5O3. The Morgan fingerprint density at radius 1 is 1.48 bits per heavy atom. The summed E-state index contributed by atoms with van der Waals surface area (Å²) in [5.41, 5.74) is 0.316. The molecular weight excluding hydrogens is 322 g/mol. The van der Waals surface area contributed by atoms with Gasteiger partial charge in [0, 0.05) is 12.7 Å². The molecule has 0 aliphatic carbocycles. The quantitative estimate of drug-likeness (QED) is 0.720. The molecule has 8 heteroatoms. The molecule has 3 N–H and O–H groups in total. The van der Waals surface area contributed by atoms with Gasteiger partial charge < -0.3 is 20.4 Å². The summed E-state index contributed by atoms with van der Waals surface area (Å²) in [5, 5.41) is 13.1. The van der Waals surface area contributed by atoms with Crippen LogP contribution in [0.15, 0.2) is 35.1 Å². The Morgan fingerprint density at radius 2 is 2.36 bits per heavy atom. The van der Waals surface area contributed by atoms with Gasteiger partial charge in [-0.2, -0.15) is 5.10 Å². The Labute approximate surface area is 146 Å². The van der Waals surface area contributed by atoms with Crippen LogP contribution in [0.3, 0.4) is 0 Å². The molecule has 3 rings (SSSR count). The smallest absolute Gasteiger partial charge is 0.272 e. The van der Waals surface area contributed by atoms with Gasteiger partial charge in [0.05, 0.1) is 18.8 Å². The van der Waals surface area contributed by atoms with Crippen molar-refractivity contribution in [1.82, 2.24) is 25.7 Å². The molecule has 0 radical (unpaired) electrons. The number of hydrogen-bond donors (Lipinski definition) is 3. The molecule has 2 aromatic heterocycles. The highest BCUT2D eigenvalue weighted by molar-refractivity contribution is 5.95. The van der Waals surface area contributed by atoms with Crippen LogP contribution in [-0.4, -0.2) is 40.7 Å². The van der Waals surface area contributed by atoms with Crippen molar-refractivity contribution in [1.29, 1.82) is 0 Å². The van der Waals surface area contributed by atoms with Gasteiger partial charge in [-0.25, -0.2) is 0 Å². The first-order chi connectivity index (χ1) is 12.1. The van der Waals surface area contributed by atoms with Crippen LogP contribution in [0, 0.1) is 0 Å². The number of rotatable bonds is 6. The third-order valence-electron chi connectivity index (χ3n) is 4.24. The third kappa shape index (κ3) is 4.48. The van der Waals surface area contributed by atoms with E-state index in [-0.39, 0.29) is 24.4 Å². The van der Waals surface area contributed by atoms with Gasteiger partial charge in [-0.15, -0.1) is 0 Å². The van der Waals surface area contributed by atoms with E-state index in [0.29, 0.717) is 11.5 Å². The Hall–Kier alpha value is -2.61. The molecule has 1 saturated heterocycles. The van der Waals surface area contributed by atoms with E-state index >= 15 is 0 Å². The van der Waals surface area contributed by atoms with Crippen molar-refractivity contribution in [2.45, 2.75) is 38.4 Å². The van der Waals surface area contributed by atoms with Crippen LogP contribution in [0.2, 0.25) is 0 Å². The van der Waals surface area contributed by atoms with Crippen LogP contribution >= 0.6 is 0 Å². The minimum Gasteiger partial charge on any atom is -0.467 e. The number of nitrogens with zero attached hydrogens (tertiary/aromatic N) is 2. The van der Waals surface area contributed by atoms with Crippen molar-refractivity contribution < 1.29 is 14.0 Å². The first kappa shape index (κ1) is 17.2. The topological polar surface area (TPSA) is 101 Å². The molecule has 0 saturated carbocycles. The predicted molar refractivity (Wildman–Crippen MR) is 90.9 cm³/mol. The number of aromatic nitrogens is 2. The monoisotopic (exact) mass is 345 g/mol. The van der Waals surface area contributed by atoms with Crippen LogP contribution in [-0.2, 0) is 11.3 Å². The van der Waals surface area contributed by atoms with E-state index in [2.05, 4.69) is 21.0 Å². The highest BCUT2D eigenvalue weighted by atomic mass is 16.3. The van der Waals surface area contributed by atoms with Gasteiger partial charge in [-0.05, 0) is 44.5 Å². The van der Waals surface area contributed by atoms with Gasteiger partial charge in [-0.3, -0.25) is 14.3 Å². The van der Waals surface area contributed by atoms with Crippen molar-refractivity contribution in [2.24, 2.45) is 0 Å². The van der Waals surface area contributed by atoms with Crippen molar-refractivity contribution in [2.75, 3.05) is 13.1 Å². The van der Waals surface area contributed by atoms with E-state index in [1.54, 1.807) is 31.4 Å². The Morgan fingerprint density at radius 3 is 3.08 bits per heavy atom. The number of hydrogen-bond acceptors (Lipinski definition) is 5. The van der Waals surface area contributed by atoms with E-state index in [9.17, 15) is 9.59 Å². The van der Waals surface area contributed by atoms with Crippen molar-refractivity contribution in [3.63, 3.8) is 0 Å². The van der Waals surface area contributed by atoms with Gasteiger partial charge in [0.25, 0.3) is 5.91 Å². The Bertz CT molecular complexity index is 704. The normalized spacial score (nSPS) is 18.5. The summed E-state index contributed by atoms with van der Waals surface area (Å²) in [6.07, 6.45) is 5.50. The highest BCUT2D eigenvalue weighted by Crippen LogP contribution is 2.15. The number of carbonyl (C=O) groups is 2. The van der Waals surface area contributed by atoms with Gasteiger partial charge >= 0.3 is 0 Å². The molecule has 3 heterocycles. The van der Waals surface area contributed by atoms with Gasteiger partial charge in [-0.1, -0.05) is 0 Å². The van der Waals surface area contributed by atoms with E-state index in [1.807, 2.05) is 10.9 Å². The third-order valence-corrected chi connectivity index (χ3v) is 4.24. The van der Waals surface area contributed by atoms with Crippen molar-refractivity contribution in [3.05, 3.63) is 42.1 Å². The van der Waals surface area contributed by atoms with Crippen LogP contribution in [0.4, 0.5) is 0 Å². The SMILES string of the molecule is CC(NC(=O)c1ccn(C2CCCNC2)n1)C(=O)NCc1ccco1. The lowest BCUT2D eigenvalue weighted by Gasteiger charge is -2.22. The van der Waals surface area contributed by atoms with E-state index in [1.165, 1.54) is 0 Å². The zero-order chi connectivity index (χ0) is 17.6. The maximum atomic E-state index is 12.3. The molecule has 2 aromatic rings. The van der Waals surface area contributed by atoms with Crippen LogP contribution in [0.1, 0.15) is 42.1 Å². The molecule has 134 valence electrons. The second-order valence-corrected chi connectivity index (χ2v) is 6.17. The van der Waals surface area contributed by atoms with Gasteiger partial charge in [0.15, 0.2) is 0 Å². The Balaban J connectivity index is 1.50. The van der Waals surface area contributed by atoms with Crippen LogP contribution < -0.4 is 16.0 Å². The molecule has 0 aromatic carbocycles. The molecule has 1 aliphatic heterocycles. The summed E-state index contributed by atoms with van der Waals surface area (Å²) < 4.78 is 6.98. The Kier molecular flexibility index (Phi) is 5.49. The summed E-state index contributed by atoms with van der Waals surface area (Å²) in [7, 11) is 0. The lowest BCUT2D eigenvalue weighted by Crippen LogP contribution is -2.44. The second-order valence-electron chi connectivity index (χ2n) is 6.17. The maximum Gasteiger partial charge on any atom is 0.272 e. The fourth-order valence-electron chi connectivity index (χ4n) is 2.80. The zero-order valence-electron chi connectivity index (χ0n) is 14.2. The maximum absolute atomic E-state index is 12.3. The predicted octanol–water partition coefficient (Wildman–Crippen LogP) is 0.835. The number of piperidine rings is 1. The largest absolute Gasteiger partial charge is 0.467 e. The average Bonchev–Trinajstić information content (AvgIpc) is 3.32. The molecule has 2 unspecified atom stereocenters. The molecule has 0 bridgehead atoms. The number of carbonyl (C=O) groups excluding carboxylic acids is 2. The summed E-state index contributed by atoms with van der Waals surface area (Å²) in [4.78, 5) is 24.3. The number of nitrogens with one attached hydrogen (secondary N) is 3. The number of furan rings is 1.